The van der Waals surface area contributed by atoms with Crippen molar-refractivity contribution in [2.75, 3.05) is 0 Å². The summed E-state index contributed by atoms with van der Waals surface area (Å²) in [5, 5.41) is 3.51. The van der Waals surface area contributed by atoms with Crippen LogP contribution >= 0.6 is 15.9 Å². The first-order valence-electron chi connectivity index (χ1n) is 6.32. The van der Waals surface area contributed by atoms with Crippen LogP contribution in [-0.2, 0) is 0 Å². The molecule has 1 aromatic rings. The van der Waals surface area contributed by atoms with Gasteiger partial charge in [0.05, 0.1) is 0 Å². The van der Waals surface area contributed by atoms with Gasteiger partial charge in [0.1, 0.15) is 5.82 Å². The lowest BCUT2D eigenvalue weighted by Crippen LogP contribution is -2.23. The summed E-state index contributed by atoms with van der Waals surface area (Å²) in [6, 6.07) is 5.97. The fraction of sp³-hybridized carbons (Fsp3) is 0.571. The van der Waals surface area contributed by atoms with Crippen molar-refractivity contribution >= 4 is 15.9 Å². The Bertz CT molecular complexity index is 394. The van der Waals surface area contributed by atoms with E-state index in [1.807, 2.05) is 19.1 Å². The smallest absolute Gasteiger partial charge is 0.129 e. The number of nitrogens with one attached hydrogen (secondary N) is 1. The van der Waals surface area contributed by atoms with E-state index in [-0.39, 0.29) is 11.9 Å². The van der Waals surface area contributed by atoms with Gasteiger partial charge >= 0.3 is 0 Å². The number of rotatable bonds is 5. The molecule has 0 saturated heterocycles. The van der Waals surface area contributed by atoms with Crippen molar-refractivity contribution < 1.29 is 4.39 Å². The van der Waals surface area contributed by atoms with Crippen molar-refractivity contribution in [3.8, 4) is 0 Å². The maximum atomic E-state index is 13.7. The molecule has 1 nitrogen and oxygen atoms in total. The molecule has 2 rings (SSSR count). The van der Waals surface area contributed by atoms with Gasteiger partial charge in [0.2, 0.25) is 0 Å². The second-order valence-electron chi connectivity index (χ2n) is 4.95. The van der Waals surface area contributed by atoms with Crippen molar-refractivity contribution in [3.05, 3.63) is 34.1 Å². The minimum absolute atomic E-state index is 0.0926. The highest BCUT2D eigenvalue weighted by molar-refractivity contribution is 9.10. The molecule has 3 heteroatoms. The fourth-order valence-electron chi connectivity index (χ4n) is 2.41. The van der Waals surface area contributed by atoms with Crippen LogP contribution in [0.25, 0.3) is 0 Å². The number of halogens is 2. The average molecular weight is 300 g/mol. The topological polar surface area (TPSA) is 12.0 Å². The lowest BCUT2D eigenvalue weighted by Gasteiger charge is -2.15. The van der Waals surface area contributed by atoms with Gasteiger partial charge in [0, 0.05) is 22.1 Å². The van der Waals surface area contributed by atoms with E-state index in [0.29, 0.717) is 6.04 Å². The molecule has 0 spiro atoms. The number of hydrogen-bond acceptors (Lipinski definition) is 1. The Balaban J connectivity index is 1.94. The normalized spacial score (nSPS) is 24.7. The van der Waals surface area contributed by atoms with Crippen molar-refractivity contribution in [2.24, 2.45) is 5.92 Å². The largest absolute Gasteiger partial charge is 0.307 e. The summed E-state index contributed by atoms with van der Waals surface area (Å²) in [6.07, 6.45) is 3.77. The molecule has 1 fully saturated rings. The van der Waals surface area contributed by atoms with E-state index in [9.17, 15) is 4.39 Å². The number of benzene rings is 1. The fourth-order valence-corrected chi connectivity index (χ4v) is 2.74. The molecular weight excluding hydrogens is 281 g/mol. The zero-order valence-electron chi connectivity index (χ0n) is 10.3. The van der Waals surface area contributed by atoms with Crippen LogP contribution in [0.1, 0.15) is 44.7 Å². The highest BCUT2D eigenvalue weighted by Gasteiger charge is 2.36. The molecule has 94 valence electrons. The lowest BCUT2D eigenvalue weighted by atomic mass is 10.1. The summed E-state index contributed by atoms with van der Waals surface area (Å²) < 4.78 is 14.5. The third-order valence-electron chi connectivity index (χ3n) is 3.48. The summed E-state index contributed by atoms with van der Waals surface area (Å²) in [5.74, 6) is 0.674. The molecule has 3 atom stereocenters. The second kappa shape index (κ2) is 5.49. The number of hydrogen-bond donors (Lipinski definition) is 1. The quantitative estimate of drug-likeness (QED) is 0.848. The molecule has 0 bridgehead atoms. The molecule has 0 radical (unpaired) electrons. The highest BCUT2D eigenvalue weighted by Crippen LogP contribution is 2.36. The van der Waals surface area contributed by atoms with Crippen LogP contribution < -0.4 is 5.32 Å². The van der Waals surface area contributed by atoms with Crippen LogP contribution in [0, 0.1) is 11.7 Å². The molecule has 1 aromatic carbocycles. The third kappa shape index (κ3) is 3.29. The molecule has 0 heterocycles. The van der Waals surface area contributed by atoms with E-state index < -0.39 is 0 Å². The van der Waals surface area contributed by atoms with E-state index in [0.717, 1.165) is 16.0 Å². The van der Waals surface area contributed by atoms with Crippen LogP contribution in [0.2, 0.25) is 0 Å². The molecule has 3 unspecified atom stereocenters. The van der Waals surface area contributed by atoms with Crippen LogP contribution in [-0.4, -0.2) is 6.04 Å². The molecule has 0 aliphatic heterocycles. The zero-order chi connectivity index (χ0) is 12.4. The average Bonchev–Trinajstić information content (AvgIpc) is 2.96. The van der Waals surface area contributed by atoms with Crippen LogP contribution in [0.3, 0.4) is 0 Å². The Morgan fingerprint density at radius 3 is 2.94 bits per heavy atom. The summed E-state index contributed by atoms with van der Waals surface area (Å²) in [5.41, 5.74) is 0.760. The first-order valence-corrected chi connectivity index (χ1v) is 7.12. The predicted molar refractivity (Wildman–Crippen MR) is 72.5 cm³/mol. The lowest BCUT2D eigenvalue weighted by molar-refractivity contribution is 0.503. The van der Waals surface area contributed by atoms with E-state index in [2.05, 4.69) is 28.2 Å². The predicted octanol–water partition coefficient (Wildman–Crippen LogP) is 4.43. The van der Waals surface area contributed by atoms with E-state index in [4.69, 9.17) is 0 Å². The van der Waals surface area contributed by atoms with Gasteiger partial charge in [-0.15, -0.1) is 0 Å². The van der Waals surface area contributed by atoms with Gasteiger partial charge in [-0.3, -0.25) is 0 Å². The maximum Gasteiger partial charge on any atom is 0.129 e. The van der Waals surface area contributed by atoms with Gasteiger partial charge in [-0.2, -0.15) is 0 Å². The standard InChI is InChI=1S/C14H19BrFN/c1-3-4-10-7-14(10)17-9(2)12-6-5-11(15)8-13(12)16/h5-6,8-10,14,17H,3-4,7H2,1-2H3. The Kier molecular flexibility index (Phi) is 4.21. The molecule has 17 heavy (non-hydrogen) atoms. The Labute approximate surface area is 111 Å². The van der Waals surface area contributed by atoms with Crippen molar-refractivity contribution in [3.63, 3.8) is 0 Å². The van der Waals surface area contributed by atoms with Gasteiger partial charge in [-0.1, -0.05) is 35.3 Å². The van der Waals surface area contributed by atoms with Gasteiger partial charge in [0.25, 0.3) is 0 Å². The summed E-state index contributed by atoms with van der Waals surface area (Å²) >= 11 is 3.28. The maximum absolute atomic E-state index is 13.7. The first kappa shape index (κ1) is 13.0. The van der Waals surface area contributed by atoms with Gasteiger partial charge in [-0.05, 0) is 37.8 Å². The minimum Gasteiger partial charge on any atom is -0.307 e. The van der Waals surface area contributed by atoms with Crippen molar-refractivity contribution in [1.82, 2.24) is 5.32 Å². The van der Waals surface area contributed by atoms with E-state index in [1.54, 1.807) is 0 Å². The monoisotopic (exact) mass is 299 g/mol. The first-order chi connectivity index (χ1) is 8.11. The van der Waals surface area contributed by atoms with Gasteiger partial charge < -0.3 is 5.32 Å². The van der Waals surface area contributed by atoms with E-state index in [1.165, 1.54) is 25.3 Å². The minimum atomic E-state index is -0.132. The Morgan fingerprint density at radius 2 is 2.29 bits per heavy atom. The summed E-state index contributed by atoms with van der Waals surface area (Å²) in [7, 11) is 0. The van der Waals surface area contributed by atoms with Crippen LogP contribution in [0.15, 0.2) is 22.7 Å². The zero-order valence-corrected chi connectivity index (χ0v) is 11.9. The summed E-state index contributed by atoms with van der Waals surface area (Å²) in [4.78, 5) is 0. The second-order valence-corrected chi connectivity index (χ2v) is 5.86. The van der Waals surface area contributed by atoms with Gasteiger partial charge in [0.15, 0.2) is 0 Å². The van der Waals surface area contributed by atoms with Crippen LogP contribution in [0.4, 0.5) is 4.39 Å². The molecule has 1 aliphatic carbocycles. The van der Waals surface area contributed by atoms with Crippen molar-refractivity contribution in [1.29, 1.82) is 0 Å². The molecular formula is C14H19BrFN. The SMILES string of the molecule is CCCC1CC1NC(C)c1ccc(Br)cc1F. The molecule has 0 amide bonds. The highest BCUT2D eigenvalue weighted by atomic mass is 79.9. The van der Waals surface area contributed by atoms with E-state index >= 15 is 0 Å². The molecule has 1 N–H and O–H groups in total. The third-order valence-corrected chi connectivity index (χ3v) is 3.97. The van der Waals surface area contributed by atoms with Crippen molar-refractivity contribution in [2.45, 2.75) is 45.2 Å². The Hall–Kier alpha value is -0.410. The molecule has 1 saturated carbocycles. The van der Waals surface area contributed by atoms with Crippen LogP contribution in [0.5, 0.6) is 0 Å². The molecule has 0 aromatic heterocycles. The molecule has 1 aliphatic rings. The Morgan fingerprint density at radius 1 is 1.53 bits per heavy atom. The van der Waals surface area contributed by atoms with Gasteiger partial charge in [-0.25, -0.2) is 4.39 Å². The summed E-state index contributed by atoms with van der Waals surface area (Å²) in [6.45, 7) is 4.25.